The van der Waals surface area contributed by atoms with Gasteiger partial charge in [-0.15, -0.1) is 0 Å². The zero-order valence-electron chi connectivity index (χ0n) is 10.9. The normalized spacial score (nSPS) is 11.4. The Morgan fingerprint density at radius 1 is 1.35 bits per heavy atom. The molecule has 17 heavy (non-hydrogen) atoms. The molecule has 0 bridgehead atoms. The summed E-state index contributed by atoms with van der Waals surface area (Å²) in [5, 5.41) is 2.69. The average molecular weight is 344 g/mol. The predicted octanol–water partition coefficient (Wildman–Crippen LogP) is 2.05. The number of rotatable bonds is 4. The average Bonchev–Trinajstić information content (AvgIpc) is 2.18. The van der Waals surface area contributed by atoms with Crippen LogP contribution >= 0.6 is 0 Å². The molecule has 0 fully saturated rings. The molecule has 0 saturated carbocycles. The second-order valence-electron chi connectivity index (χ2n) is 5.29. The molecule has 0 aromatic heterocycles. The van der Waals surface area contributed by atoms with Gasteiger partial charge >= 0.3 is 107 Å². The molecule has 0 aliphatic heterocycles. The van der Waals surface area contributed by atoms with E-state index in [4.69, 9.17) is 0 Å². The number of carbonyl (C=O) groups excluding carboxylic acids is 1. The summed E-state index contributed by atoms with van der Waals surface area (Å²) in [4.78, 5) is 17.7. The molecule has 0 atom stereocenters. The molecule has 4 heteroatoms. The first-order valence-electron chi connectivity index (χ1n) is 5.84. The number of halogens is 1. The van der Waals surface area contributed by atoms with Crippen LogP contribution in [0.4, 0.5) is 4.39 Å². The minimum atomic E-state index is -2.13. The van der Waals surface area contributed by atoms with Gasteiger partial charge in [0.2, 0.25) is 0 Å². The fourth-order valence-electron chi connectivity index (χ4n) is 1.61. The van der Waals surface area contributed by atoms with Crippen LogP contribution in [0.2, 0.25) is 14.8 Å². The van der Waals surface area contributed by atoms with Crippen molar-refractivity contribution < 1.29 is 9.18 Å². The van der Waals surface area contributed by atoms with Gasteiger partial charge in [0.05, 0.1) is 0 Å². The van der Waals surface area contributed by atoms with Crippen molar-refractivity contribution >= 4 is 27.9 Å². The number of benzene rings is 1. The van der Waals surface area contributed by atoms with E-state index in [1.165, 1.54) is 10.5 Å². The third-order valence-electron chi connectivity index (χ3n) is 2.68. The topological polar surface area (TPSA) is 29.1 Å². The summed E-state index contributed by atoms with van der Waals surface area (Å²) < 4.78 is 14.9. The monoisotopic (exact) mass is 345 g/mol. The van der Waals surface area contributed by atoms with Crippen molar-refractivity contribution in [3.05, 3.63) is 29.6 Å². The second-order valence-corrected chi connectivity index (χ2v) is 19.8. The summed E-state index contributed by atoms with van der Waals surface area (Å²) in [7, 11) is 0. The van der Waals surface area contributed by atoms with E-state index in [9.17, 15) is 9.18 Å². The van der Waals surface area contributed by atoms with Gasteiger partial charge in [-0.2, -0.15) is 0 Å². The van der Waals surface area contributed by atoms with E-state index >= 15 is 0 Å². The Kier molecular flexibility index (Phi) is 4.98. The standard InChI is InChI=1S/C10H11FNO.3CH3.Sn/c1-8(13)12-7-6-9-4-2-3-5-10(9)11;;;;/h3-5H,6-7H2,1H3,(H,12,13);3*1H3;. The second kappa shape index (κ2) is 5.84. The van der Waals surface area contributed by atoms with Gasteiger partial charge in [-0.25, -0.2) is 0 Å². The predicted molar refractivity (Wildman–Crippen MR) is 71.8 cm³/mol. The van der Waals surface area contributed by atoms with E-state index in [0.717, 1.165) is 0 Å². The van der Waals surface area contributed by atoms with Crippen LogP contribution in [0.25, 0.3) is 0 Å². The fourth-order valence-corrected chi connectivity index (χ4v) is 5.00. The van der Waals surface area contributed by atoms with Crippen molar-refractivity contribution in [2.75, 3.05) is 6.54 Å². The van der Waals surface area contributed by atoms with Crippen molar-refractivity contribution in [1.29, 1.82) is 0 Å². The van der Waals surface area contributed by atoms with E-state index in [2.05, 4.69) is 20.1 Å². The molecule has 0 spiro atoms. The first kappa shape index (κ1) is 14.5. The van der Waals surface area contributed by atoms with Crippen LogP contribution in [0.1, 0.15) is 12.5 Å². The molecule has 1 rings (SSSR count). The van der Waals surface area contributed by atoms with Crippen LogP contribution in [0.15, 0.2) is 18.2 Å². The maximum absolute atomic E-state index is 13.6. The summed E-state index contributed by atoms with van der Waals surface area (Å²) >= 11 is -2.13. The molecule has 0 radical (unpaired) electrons. The Morgan fingerprint density at radius 3 is 2.53 bits per heavy atom. The SMILES string of the molecule is CC(=O)NCCc1c[c]([Sn]([CH3])([CH3])[CH3])ccc1F. The van der Waals surface area contributed by atoms with Gasteiger partial charge in [-0.1, -0.05) is 0 Å². The van der Waals surface area contributed by atoms with Gasteiger partial charge in [0.1, 0.15) is 0 Å². The number of amides is 1. The zero-order valence-corrected chi connectivity index (χ0v) is 13.8. The third kappa shape index (κ3) is 4.66. The van der Waals surface area contributed by atoms with E-state index < -0.39 is 18.4 Å². The van der Waals surface area contributed by atoms with E-state index in [1.54, 1.807) is 6.07 Å². The molecular formula is C13H20FNOSn. The van der Waals surface area contributed by atoms with Crippen molar-refractivity contribution in [3.63, 3.8) is 0 Å². The Bertz CT molecular complexity index is 412. The van der Waals surface area contributed by atoms with Crippen LogP contribution in [0, 0.1) is 5.82 Å². The Balaban J connectivity index is 2.80. The molecule has 0 heterocycles. The molecular weight excluding hydrogens is 324 g/mol. The van der Waals surface area contributed by atoms with Crippen LogP contribution in [-0.2, 0) is 11.2 Å². The molecule has 0 saturated heterocycles. The van der Waals surface area contributed by atoms with Crippen molar-refractivity contribution in [3.8, 4) is 0 Å². The van der Waals surface area contributed by atoms with Gasteiger partial charge in [0.15, 0.2) is 0 Å². The van der Waals surface area contributed by atoms with E-state index in [0.29, 0.717) is 18.5 Å². The molecule has 1 aromatic rings. The summed E-state index contributed by atoms with van der Waals surface area (Å²) in [6, 6.07) is 5.45. The minimum absolute atomic E-state index is 0.0726. The van der Waals surface area contributed by atoms with Crippen LogP contribution in [-0.4, -0.2) is 30.8 Å². The van der Waals surface area contributed by atoms with Crippen molar-refractivity contribution in [1.82, 2.24) is 5.32 Å². The number of nitrogens with one attached hydrogen (secondary N) is 1. The summed E-state index contributed by atoms with van der Waals surface area (Å²) in [6.07, 6.45) is 0.557. The molecule has 1 aromatic carbocycles. The van der Waals surface area contributed by atoms with Gasteiger partial charge in [0.25, 0.3) is 0 Å². The molecule has 1 N–H and O–H groups in total. The maximum atomic E-state index is 13.6. The zero-order chi connectivity index (χ0) is 13.1. The number of carbonyl (C=O) groups is 1. The first-order valence-corrected chi connectivity index (χ1v) is 15.8. The first-order chi connectivity index (χ1) is 7.80. The molecule has 94 valence electrons. The fraction of sp³-hybridized carbons (Fsp3) is 0.462. The molecule has 2 nitrogen and oxygen atoms in total. The van der Waals surface area contributed by atoms with Gasteiger partial charge < -0.3 is 0 Å². The number of hydrogen-bond donors (Lipinski definition) is 1. The molecule has 0 unspecified atom stereocenters. The van der Waals surface area contributed by atoms with Gasteiger partial charge in [-0.05, 0) is 0 Å². The van der Waals surface area contributed by atoms with Crippen LogP contribution < -0.4 is 8.90 Å². The quantitative estimate of drug-likeness (QED) is 0.833. The van der Waals surface area contributed by atoms with Crippen molar-refractivity contribution in [2.45, 2.75) is 28.2 Å². The molecule has 0 aliphatic rings. The van der Waals surface area contributed by atoms with Crippen LogP contribution in [0.5, 0.6) is 0 Å². The van der Waals surface area contributed by atoms with Gasteiger partial charge in [-0.3, -0.25) is 0 Å². The van der Waals surface area contributed by atoms with Gasteiger partial charge in [0, 0.05) is 0 Å². The Labute approximate surface area is 106 Å². The van der Waals surface area contributed by atoms with Crippen molar-refractivity contribution in [2.24, 2.45) is 0 Å². The van der Waals surface area contributed by atoms with E-state index in [1.807, 2.05) is 12.1 Å². The van der Waals surface area contributed by atoms with E-state index in [-0.39, 0.29) is 11.7 Å². The Morgan fingerprint density at radius 2 is 2.00 bits per heavy atom. The van der Waals surface area contributed by atoms with Crippen LogP contribution in [0.3, 0.4) is 0 Å². The summed E-state index contributed by atoms with van der Waals surface area (Å²) in [5.41, 5.74) is 0.711. The summed E-state index contributed by atoms with van der Waals surface area (Å²) in [6.45, 7) is 1.97. The molecule has 1 amide bonds. The number of hydrogen-bond acceptors (Lipinski definition) is 1. The Hall–Kier alpha value is -0.581. The third-order valence-corrected chi connectivity index (χ3v) is 8.51. The molecule has 0 aliphatic carbocycles. The summed E-state index contributed by atoms with van der Waals surface area (Å²) in [5.74, 6) is -0.244.